The second-order valence-corrected chi connectivity index (χ2v) is 16.2. The Morgan fingerprint density at radius 3 is 1.10 bits per heavy atom. The third kappa shape index (κ3) is 26.2. The highest BCUT2D eigenvalue weighted by molar-refractivity contribution is 5.88. The first-order valence-electron chi connectivity index (χ1n) is 22.8. The molecule has 0 radical (unpaired) electrons. The maximum absolute atomic E-state index is 12.4. The summed E-state index contributed by atoms with van der Waals surface area (Å²) in [6.07, 6.45) is -3.38. The van der Waals surface area contributed by atoms with E-state index < -0.39 is 48.3 Å². The third-order valence-corrected chi connectivity index (χ3v) is 9.45. The van der Waals surface area contributed by atoms with Gasteiger partial charge in [0.1, 0.15) is 51.1 Å². The van der Waals surface area contributed by atoms with Crippen molar-refractivity contribution >= 4 is 36.1 Å². The number of hydrogen-bond donors (Lipinski definition) is 2. The van der Waals surface area contributed by atoms with E-state index in [-0.39, 0.29) is 133 Å². The van der Waals surface area contributed by atoms with Crippen molar-refractivity contribution in [3.63, 3.8) is 0 Å². The first-order valence-corrected chi connectivity index (χ1v) is 22.8. The number of hydrogen-bond acceptors (Lipinski definition) is 18. The van der Waals surface area contributed by atoms with Gasteiger partial charge in [0.15, 0.2) is 12.2 Å². The van der Waals surface area contributed by atoms with E-state index in [1.807, 2.05) is 48.5 Å². The molecule has 0 spiro atoms. The van der Waals surface area contributed by atoms with Crippen LogP contribution in [0, 0.1) is 0 Å². The average molecular weight is 999 g/mol. The van der Waals surface area contributed by atoms with Gasteiger partial charge in [0.2, 0.25) is 0 Å². The van der Waals surface area contributed by atoms with Gasteiger partial charge in [-0.2, -0.15) is 0 Å². The summed E-state index contributed by atoms with van der Waals surface area (Å²) < 4.78 is 64.8. The number of esters is 4. The summed E-state index contributed by atoms with van der Waals surface area (Å²) in [6, 6.07) is 15.3. The van der Waals surface area contributed by atoms with Gasteiger partial charge in [-0.15, -0.1) is 0 Å². The predicted molar refractivity (Wildman–Crippen MR) is 259 cm³/mol. The highest BCUT2D eigenvalue weighted by atomic mass is 16.6. The summed E-state index contributed by atoms with van der Waals surface area (Å²) in [5.74, 6) is -1.07. The number of nitrogens with one attached hydrogen (secondary N) is 2. The molecule has 71 heavy (non-hydrogen) atoms. The Morgan fingerprint density at radius 2 is 0.761 bits per heavy atom. The fourth-order valence-electron chi connectivity index (χ4n) is 5.46. The molecule has 0 aromatic heterocycles. The Kier molecular flexibility index (Phi) is 28.7. The lowest BCUT2D eigenvalue weighted by Crippen LogP contribution is -2.36. The summed E-state index contributed by atoms with van der Waals surface area (Å²) in [5, 5.41) is 5.08. The van der Waals surface area contributed by atoms with Crippen molar-refractivity contribution in [3.05, 3.63) is 108 Å². The van der Waals surface area contributed by atoms with Crippen LogP contribution >= 0.6 is 0 Å². The standard InChI is InChI=1S/C51H70N2O18/c1-35(2)45(54)66-29-23-60-21-19-52-49(58)70-43(33-68-47(56)37(5)6)31-62-25-27-64-41-15-11-39(12-16-41)51(9,10)40-13-17-42(18-14-40)65-28-26-63-32-44(34-69-48(57)38(7)8)71-50(59)53-20-22-61-24-30-67-46(55)36(3)4/h11-18,43-44H,1,3,5,7,19-34H2,2,4,6,8-10H3,(H,52,58)(H,53,59). The van der Waals surface area contributed by atoms with Crippen molar-refractivity contribution in [3.8, 4) is 11.5 Å². The molecule has 2 N–H and O–H groups in total. The van der Waals surface area contributed by atoms with E-state index in [0.29, 0.717) is 11.5 Å². The van der Waals surface area contributed by atoms with Crippen molar-refractivity contribution in [1.82, 2.24) is 10.6 Å². The summed E-state index contributed by atoms with van der Waals surface area (Å²) in [4.78, 5) is 71.6. The highest BCUT2D eigenvalue weighted by Crippen LogP contribution is 2.33. The van der Waals surface area contributed by atoms with Crippen LogP contribution in [-0.2, 0) is 72.0 Å². The molecule has 0 fully saturated rings. The number of ether oxygens (including phenoxy) is 12. The van der Waals surface area contributed by atoms with E-state index in [9.17, 15) is 28.8 Å². The molecule has 2 aromatic rings. The van der Waals surface area contributed by atoms with Gasteiger partial charge in [0, 0.05) is 40.8 Å². The first kappa shape index (κ1) is 60.4. The summed E-state index contributed by atoms with van der Waals surface area (Å²) >= 11 is 0. The zero-order valence-electron chi connectivity index (χ0n) is 41.8. The van der Waals surface area contributed by atoms with Crippen LogP contribution in [0.3, 0.4) is 0 Å². The molecule has 2 rings (SSSR count). The third-order valence-electron chi connectivity index (χ3n) is 9.45. The van der Waals surface area contributed by atoms with Crippen molar-refractivity contribution < 1.29 is 85.6 Å². The quantitative estimate of drug-likeness (QED) is 0.0371. The normalized spacial score (nSPS) is 11.7. The van der Waals surface area contributed by atoms with Crippen LogP contribution in [0.4, 0.5) is 9.59 Å². The molecule has 2 aromatic carbocycles. The summed E-state index contributed by atoms with van der Waals surface area (Å²) in [5.41, 5.74) is 2.63. The van der Waals surface area contributed by atoms with Crippen LogP contribution in [0.15, 0.2) is 97.1 Å². The van der Waals surface area contributed by atoms with E-state index in [1.165, 1.54) is 27.7 Å². The van der Waals surface area contributed by atoms with Crippen LogP contribution in [-0.4, -0.2) is 154 Å². The molecule has 20 nitrogen and oxygen atoms in total. The molecule has 392 valence electrons. The van der Waals surface area contributed by atoms with E-state index in [0.717, 1.165) is 11.1 Å². The maximum Gasteiger partial charge on any atom is 0.407 e. The molecule has 0 aliphatic heterocycles. The zero-order valence-corrected chi connectivity index (χ0v) is 41.8. The minimum Gasteiger partial charge on any atom is -0.491 e. The Bertz CT molecular complexity index is 1910. The van der Waals surface area contributed by atoms with Crippen LogP contribution in [0.25, 0.3) is 0 Å². The van der Waals surface area contributed by atoms with Crippen molar-refractivity contribution in [2.45, 2.75) is 59.2 Å². The smallest absolute Gasteiger partial charge is 0.407 e. The van der Waals surface area contributed by atoms with E-state index in [2.05, 4.69) is 50.8 Å². The van der Waals surface area contributed by atoms with E-state index in [4.69, 9.17) is 56.8 Å². The van der Waals surface area contributed by atoms with Gasteiger partial charge >= 0.3 is 36.1 Å². The molecule has 0 aliphatic carbocycles. The Hall–Kier alpha value is -6.74. The maximum atomic E-state index is 12.4. The van der Waals surface area contributed by atoms with Gasteiger partial charge in [0.25, 0.3) is 0 Å². The summed E-state index contributed by atoms with van der Waals surface area (Å²) in [6.45, 7) is 25.2. The van der Waals surface area contributed by atoms with Crippen LogP contribution in [0.1, 0.15) is 52.7 Å². The van der Waals surface area contributed by atoms with E-state index in [1.54, 1.807) is 0 Å². The van der Waals surface area contributed by atoms with Gasteiger partial charge in [-0.1, -0.05) is 64.4 Å². The molecule has 0 bridgehead atoms. The first-order chi connectivity index (χ1) is 33.8. The second kappa shape index (κ2) is 33.7. The van der Waals surface area contributed by atoms with Crippen molar-refractivity contribution in [2.75, 3.05) is 106 Å². The van der Waals surface area contributed by atoms with Gasteiger partial charge in [-0.05, 0) is 63.1 Å². The molecule has 0 saturated heterocycles. The molecule has 0 saturated carbocycles. The van der Waals surface area contributed by atoms with Gasteiger partial charge in [-0.3, -0.25) is 0 Å². The molecule has 20 heteroatoms. The number of rotatable bonds is 36. The zero-order chi connectivity index (χ0) is 52.6. The highest BCUT2D eigenvalue weighted by Gasteiger charge is 2.24. The SMILES string of the molecule is C=C(C)C(=O)OCCOCCNC(=O)OC(COCCOc1ccc(C(C)(C)c2ccc(OCCOCC(COC(=O)C(=C)C)OC(=O)NCCOCCOC(=O)C(=C)C)cc2)cc1)COC(=O)C(=C)C. The topological polar surface area (TPSA) is 237 Å². The molecule has 0 aliphatic rings. The molecule has 2 atom stereocenters. The van der Waals surface area contributed by atoms with Gasteiger partial charge < -0.3 is 67.5 Å². The van der Waals surface area contributed by atoms with Crippen molar-refractivity contribution in [1.29, 1.82) is 0 Å². The number of amides is 2. The number of benzene rings is 2. The molecule has 0 heterocycles. The summed E-state index contributed by atoms with van der Waals surface area (Å²) in [7, 11) is 0. The van der Waals surface area contributed by atoms with Gasteiger partial charge in [0.05, 0.1) is 52.9 Å². The molecule has 2 unspecified atom stereocenters. The lowest BCUT2D eigenvalue weighted by molar-refractivity contribution is -0.144. The number of carbonyl (C=O) groups is 6. The lowest BCUT2D eigenvalue weighted by atomic mass is 9.78. The second-order valence-electron chi connectivity index (χ2n) is 16.2. The largest absolute Gasteiger partial charge is 0.491 e. The van der Waals surface area contributed by atoms with Crippen LogP contribution in [0.2, 0.25) is 0 Å². The predicted octanol–water partition coefficient (Wildman–Crippen LogP) is 5.50. The molecular weight excluding hydrogens is 929 g/mol. The Morgan fingerprint density at radius 1 is 0.437 bits per heavy atom. The van der Waals surface area contributed by atoms with Gasteiger partial charge in [-0.25, -0.2) is 28.8 Å². The fourth-order valence-corrected chi connectivity index (χ4v) is 5.46. The number of alkyl carbamates (subject to hydrolysis) is 2. The fraction of sp³-hybridized carbons (Fsp3) is 0.490. The van der Waals surface area contributed by atoms with Crippen molar-refractivity contribution in [2.24, 2.45) is 0 Å². The number of carbonyl (C=O) groups excluding carboxylic acids is 6. The van der Waals surface area contributed by atoms with E-state index >= 15 is 0 Å². The van der Waals surface area contributed by atoms with Crippen LogP contribution < -0.4 is 20.1 Å². The lowest BCUT2D eigenvalue weighted by Gasteiger charge is -2.26. The van der Waals surface area contributed by atoms with Crippen LogP contribution in [0.5, 0.6) is 11.5 Å². The Labute approximate surface area is 415 Å². The monoisotopic (exact) mass is 998 g/mol. The minimum absolute atomic E-state index is 0.0433. The molecular formula is C51H70N2O18. The molecule has 2 amide bonds. The minimum atomic E-state index is -0.920. The Balaban J connectivity index is 1.78. The average Bonchev–Trinajstić information content (AvgIpc) is 3.33.